The highest BCUT2D eigenvalue weighted by Gasteiger charge is 2.64. The van der Waals surface area contributed by atoms with Crippen LogP contribution in [0.5, 0.6) is 0 Å². The molecular weight excluding hydrogens is 271 g/mol. The molecule has 3 rings (SSSR count). The van der Waals surface area contributed by atoms with Crippen LogP contribution in [0.4, 0.5) is 0 Å². The second-order valence-corrected chi connectivity index (χ2v) is 5.58. The lowest BCUT2D eigenvalue weighted by Gasteiger charge is -2.22. The van der Waals surface area contributed by atoms with Gasteiger partial charge in [-0.25, -0.2) is 0 Å². The maximum atomic E-state index is 11.3. The lowest BCUT2D eigenvalue weighted by atomic mass is 9.81. The number of ether oxygens (including phenoxy) is 2. The molecule has 4 unspecified atom stereocenters. The van der Waals surface area contributed by atoms with E-state index in [9.17, 15) is 4.79 Å². The summed E-state index contributed by atoms with van der Waals surface area (Å²) in [6.45, 7) is 0.582. The van der Waals surface area contributed by atoms with Crippen molar-refractivity contribution in [2.24, 2.45) is 11.8 Å². The molecule has 0 aliphatic carbocycles. The van der Waals surface area contributed by atoms with Gasteiger partial charge in [-0.15, -0.1) is 0 Å². The van der Waals surface area contributed by atoms with E-state index in [2.05, 4.69) is 22.6 Å². The molecule has 0 aromatic carbocycles. The summed E-state index contributed by atoms with van der Waals surface area (Å²) >= 11 is 2.28. The number of cyclic esters (lactones) is 1. The Balaban J connectivity index is 2.03. The number of esters is 1. The zero-order valence-electron chi connectivity index (χ0n) is 6.46. The second kappa shape index (κ2) is 2.15. The van der Waals surface area contributed by atoms with Crippen LogP contribution < -0.4 is 0 Å². The number of carbonyl (C=O) groups is 1. The highest BCUT2D eigenvalue weighted by atomic mass is 127. The minimum Gasteiger partial charge on any atom is -0.465 e. The van der Waals surface area contributed by atoms with Crippen molar-refractivity contribution < 1.29 is 14.3 Å². The quantitative estimate of drug-likeness (QED) is 0.379. The third-order valence-corrected chi connectivity index (χ3v) is 4.62. The smallest absolute Gasteiger partial charge is 0.313 e. The Morgan fingerprint density at radius 2 is 2.42 bits per heavy atom. The Kier molecular flexibility index (Phi) is 1.35. The van der Waals surface area contributed by atoms with Crippen molar-refractivity contribution in [2.75, 3.05) is 6.61 Å². The monoisotopic (exact) mass is 280 g/mol. The van der Waals surface area contributed by atoms with Crippen LogP contribution in [0, 0.1) is 11.8 Å². The van der Waals surface area contributed by atoms with Gasteiger partial charge in [0.2, 0.25) is 0 Å². The van der Waals surface area contributed by atoms with E-state index in [4.69, 9.17) is 9.47 Å². The Hall–Kier alpha value is 0.160. The van der Waals surface area contributed by atoms with E-state index in [1.165, 1.54) is 0 Å². The fourth-order valence-corrected chi connectivity index (χ4v) is 3.95. The third-order valence-electron chi connectivity index (χ3n) is 3.16. The molecular formula is C8H9IO3. The van der Waals surface area contributed by atoms with Crippen molar-refractivity contribution in [1.82, 2.24) is 0 Å². The van der Waals surface area contributed by atoms with Gasteiger partial charge in [-0.1, -0.05) is 0 Å². The standard InChI is InChI=1S/C8H9IO3/c9-8-2-1-5(12-8)4-3-11-7(10)6(4)8/h4-6H,1-3H2. The number of rotatable bonds is 0. The van der Waals surface area contributed by atoms with Crippen LogP contribution >= 0.6 is 22.6 Å². The van der Waals surface area contributed by atoms with Crippen LogP contribution in [0.15, 0.2) is 0 Å². The first-order chi connectivity index (χ1) is 5.71. The van der Waals surface area contributed by atoms with Crippen LogP contribution in [0.1, 0.15) is 12.8 Å². The topological polar surface area (TPSA) is 35.5 Å². The molecule has 0 amide bonds. The van der Waals surface area contributed by atoms with E-state index in [0.29, 0.717) is 18.6 Å². The molecule has 2 bridgehead atoms. The van der Waals surface area contributed by atoms with Gasteiger partial charge >= 0.3 is 5.97 Å². The molecule has 4 heteroatoms. The van der Waals surface area contributed by atoms with Gasteiger partial charge in [0, 0.05) is 5.92 Å². The summed E-state index contributed by atoms with van der Waals surface area (Å²) < 4.78 is 10.6. The number of halogens is 1. The molecule has 3 aliphatic rings. The van der Waals surface area contributed by atoms with Gasteiger partial charge < -0.3 is 9.47 Å². The molecule has 0 aromatic rings. The molecule has 3 aliphatic heterocycles. The molecule has 3 fully saturated rings. The first kappa shape index (κ1) is 7.55. The second-order valence-electron chi connectivity index (χ2n) is 3.75. The van der Waals surface area contributed by atoms with Crippen LogP contribution in [0.3, 0.4) is 0 Å². The van der Waals surface area contributed by atoms with Crippen molar-refractivity contribution in [1.29, 1.82) is 0 Å². The van der Waals surface area contributed by atoms with Gasteiger partial charge in [0.05, 0.1) is 12.7 Å². The molecule has 3 heterocycles. The number of carbonyl (C=O) groups excluding carboxylic acids is 1. The minimum atomic E-state index is -0.222. The number of alkyl halides is 1. The first-order valence-electron chi connectivity index (χ1n) is 4.24. The average molecular weight is 280 g/mol. The lowest BCUT2D eigenvalue weighted by Crippen LogP contribution is -2.34. The average Bonchev–Trinajstić information content (AvgIpc) is 2.61. The Bertz CT molecular complexity index is 255. The summed E-state index contributed by atoms with van der Waals surface area (Å²) in [5.74, 6) is 0.330. The van der Waals surface area contributed by atoms with Gasteiger partial charge in [-0.05, 0) is 35.4 Å². The normalized spacial score (nSPS) is 55.8. The molecule has 0 N–H and O–H groups in total. The van der Waals surface area contributed by atoms with Gasteiger partial charge in [0.15, 0.2) is 0 Å². The molecule has 3 nitrogen and oxygen atoms in total. The molecule has 0 spiro atoms. The van der Waals surface area contributed by atoms with Crippen LogP contribution in [0.2, 0.25) is 0 Å². The Morgan fingerprint density at radius 3 is 3.17 bits per heavy atom. The van der Waals surface area contributed by atoms with Crippen molar-refractivity contribution in [3.8, 4) is 0 Å². The Labute approximate surface area is 83.9 Å². The van der Waals surface area contributed by atoms with Gasteiger partial charge in [0.1, 0.15) is 9.53 Å². The zero-order chi connectivity index (χ0) is 8.34. The van der Waals surface area contributed by atoms with E-state index in [0.717, 1.165) is 12.8 Å². The van der Waals surface area contributed by atoms with E-state index in [1.807, 2.05) is 0 Å². The molecule has 0 radical (unpaired) electrons. The van der Waals surface area contributed by atoms with Crippen molar-refractivity contribution in [3.05, 3.63) is 0 Å². The van der Waals surface area contributed by atoms with E-state index in [1.54, 1.807) is 0 Å². The van der Waals surface area contributed by atoms with Crippen molar-refractivity contribution in [2.45, 2.75) is 22.6 Å². The lowest BCUT2D eigenvalue weighted by molar-refractivity contribution is -0.144. The van der Waals surface area contributed by atoms with Crippen LogP contribution in [-0.4, -0.2) is 22.3 Å². The van der Waals surface area contributed by atoms with Crippen molar-refractivity contribution in [3.63, 3.8) is 0 Å². The molecule has 3 saturated heterocycles. The van der Waals surface area contributed by atoms with Crippen molar-refractivity contribution >= 4 is 28.6 Å². The number of hydrogen-bond donors (Lipinski definition) is 0. The molecule has 4 atom stereocenters. The summed E-state index contributed by atoms with van der Waals surface area (Å²) in [5.41, 5.74) is 0. The highest BCUT2D eigenvalue weighted by molar-refractivity contribution is 14.1. The minimum absolute atomic E-state index is 0.0249. The molecule has 0 saturated carbocycles. The summed E-state index contributed by atoms with van der Waals surface area (Å²) in [6.07, 6.45) is 2.40. The van der Waals surface area contributed by atoms with Gasteiger partial charge in [-0.3, -0.25) is 4.79 Å². The number of fused-ring (bicyclic) bond motifs is 5. The Morgan fingerprint density at radius 1 is 1.58 bits per heavy atom. The first-order valence-corrected chi connectivity index (χ1v) is 5.32. The van der Waals surface area contributed by atoms with E-state index in [-0.39, 0.29) is 15.5 Å². The predicted octanol–water partition coefficient (Wildman–Crippen LogP) is 1.10. The summed E-state index contributed by atoms with van der Waals surface area (Å²) in [5, 5.41) is 0. The van der Waals surface area contributed by atoms with Crippen LogP contribution in [0.25, 0.3) is 0 Å². The van der Waals surface area contributed by atoms with E-state index >= 15 is 0 Å². The molecule has 66 valence electrons. The third kappa shape index (κ3) is 0.731. The predicted molar refractivity (Wildman–Crippen MR) is 48.8 cm³/mol. The molecule has 0 aromatic heterocycles. The summed E-state index contributed by atoms with van der Waals surface area (Å²) in [4.78, 5) is 11.3. The zero-order valence-corrected chi connectivity index (χ0v) is 8.61. The fraction of sp³-hybridized carbons (Fsp3) is 0.875. The summed E-state index contributed by atoms with van der Waals surface area (Å²) in [6, 6.07) is 0. The van der Waals surface area contributed by atoms with Gasteiger partial charge in [-0.2, -0.15) is 0 Å². The van der Waals surface area contributed by atoms with E-state index < -0.39 is 0 Å². The number of hydrogen-bond acceptors (Lipinski definition) is 3. The largest absolute Gasteiger partial charge is 0.465 e. The maximum Gasteiger partial charge on any atom is 0.313 e. The van der Waals surface area contributed by atoms with Gasteiger partial charge in [0.25, 0.3) is 0 Å². The van der Waals surface area contributed by atoms with Crippen LogP contribution in [-0.2, 0) is 14.3 Å². The maximum absolute atomic E-state index is 11.3. The highest BCUT2D eigenvalue weighted by Crippen LogP contribution is 2.57. The fourth-order valence-electron chi connectivity index (χ4n) is 2.60. The molecule has 12 heavy (non-hydrogen) atoms. The SMILES string of the molecule is O=C1OCC2C3CCC(I)(O3)C12. The summed E-state index contributed by atoms with van der Waals surface area (Å²) in [7, 11) is 0.